The number of nitrogens with zero attached hydrogens (tertiary/aromatic N) is 3. The molecule has 2 unspecified atom stereocenters. The molecule has 2 saturated carbocycles. The van der Waals surface area contributed by atoms with Gasteiger partial charge >= 0.3 is 0 Å². The summed E-state index contributed by atoms with van der Waals surface area (Å²) in [7, 11) is 0. The molecule has 4 heteroatoms. The average Bonchev–Trinajstić information content (AvgIpc) is 3.06. The molecule has 66 valence electrons. The largest absolute Gasteiger partial charge is 0.339 e. The van der Waals surface area contributed by atoms with Crippen LogP contribution in [0.25, 0.3) is 0 Å². The maximum Gasteiger partial charge on any atom is 0.231 e. The number of nitriles is 1. The summed E-state index contributed by atoms with van der Waals surface area (Å²) in [4.78, 5) is 4.30. The second-order valence-electron chi connectivity index (χ2n) is 3.84. The first kappa shape index (κ1) is 7.07. The van der Waals surface area contributed by atoms with Crippen LogP contribution in [0.3, 0.4) is 0 Å². The van der Waals surface area contributed by atoms with Crippen molar-refractivity contribution in [3.8, 4) is 6.07 Å². The zero-order valence-corrected chi connectivity index (χ0v) is 7.10. The van der Waals surface area contributed by atoms with Gasteiger partial charge in [0.05, 0.1) is 17.9 Å². The Kier molecular flexibility index (Phi) is 1.26. The van der Waals surface area contributed by atoms with Crippen molar-refractivity contribution >= 4 is 0 Å². The highest BCUT2D eigenvalue weighted by Gasteiger charge is 2.43. The van der Waals surface area contributed by atoms with Crippen molar-refractivity contribution < 1.29 is 4.52 Å². The maximum atomic E-state index is 8.63. The van der Waals surface area contributed by atoms with Crippen LogP contribution in [0.1, 0.15) is 42.8 Å². The van der Waals surface area contributed by atoms with Gasteiger partial charge in [0.15, 0.2) is 5.82 Å². The van der Waals surface area contributed by atoms with Crippen LogP contribution < -0.4 is 0 Å². The molecule has 0 bridgehead atoms. The average molecular weight is 175 g/mol. The van der Waals surface area contributed by atoms with Crippen molar-refractivity contribution in [1.29, 1.82) is 5.26 Å². The first-order chi connectivity index (χ1) is 6.38. The molecular formula is C9H9N3O. The molecule has 1 aromatic heterocycles. The monoisotopic (exact) mass is 175 g/mol. The Bertz CT molecular complexity index is 374. The van der Waals surface area contributed by atoms with Gasteiger partial charge in [0.1, 0.15) is 0 Å². The molecule has 2 aliphatic rings. The Hall–Kier alpha value is -1.37. The van der Waals surface area contributed by atoms with Gasteiger partial charge in [-0.2, -0.15) is 10.2 Å². The molecule has 1 heterocycles. The summed E-state index contributed by atoms with van der Waals surface area (Å²) in [5.41, 5.74) is 0. The van der Waals surface area contributed by atoms with Gasteiger partial charge in [-0.05, 0) is 19.3 Å². The normalized spacial score (nSPS) is 31.3. The van der Waals surface area contributed by atoms with E-state index in [2.05, 4.69) is 16.2 Å². The van der Waals surface area contributed by atoms with Crippen LogP contribution in [-0.2, 0) is 0 Å². The Morgan fingerprint density at radius 2 is 2.31 bits per heavy atom. The van der Waals surface area contributed by atoms with Crippen molar-refractivity contribution in [2.75, 3.05) is 0 Å². The van der Waals surface area contributed by atoms with E-state index in [1.165, 1.54) is 12.8 Å². The summed E-state index contributed by atoms with van der Waals surface area (Å²) in [6, 6.07) is 2.21. The lowest BCUT2D eigenvalue weighted by Gasteiger charge is -1.82. The van der Waals surface area contributed by atoms with E-state index < -0.39 is 0 Å². The molecule has 0 radical (unpaired) electrons. The number of rotatable bonds is 2. The minimum atomic E-state index is 0.118. The lowest BCUT2D eigenvalue weighted by molar-refractivity contribution is 0.372. The summed E-state index contributed by atoms with van der Waals surface area (Å²) in [5.74, 6) is 2.40. The predicted octanol–water partition coefficient (Wildman–Crippen LogP) is 1.57. The van der Waals surface area contributed by atoms with Crippen LogP contribution in [0.4, 0.5) is 0 Å². The van der Waals surface area contributed by atoms with E-state index in [-0.39, 0.29) is 11.8 Å². The third-order valence-corrected chi connectivity index (χ3v) is 2.67. The highest BCUT2D eigenvalue weighted by Crippen LogP contribution is 2.47. The lowest BCUT2D eigenvalue weighted by atomic mass is 10.3. The molecular weight excluding hydrogens is 166 g/mol. The lowest BCUT2D eigenvalue weighted by Crippen LogP contribution is -1.84. The summed E-state index contributed by atoms with van der Waals surface area (Å²) in [6.07, 6.45) is 3.26. The van der Waals surface area contributed by atoms with Crippen LogP contribution in [0.5, 0.6) is 0 Å². The molecule has 2 atom stereocenters. The zero-order valence-electron chi connectivity index (χ0n) is 7.10. The summed E-state index contributed by atoms with van der Waals surface area (Å²) < 4.78 is 5.11. The number of hydrogen-bond acceptors (Lipinski definition) is 4. The summed E-state index contributed by atoms with van der Waals surface area (Å²) in [5, 5.41) is 12.5. The highest BCUT2D eigenvalue weighted by molar-refractivity contribution is 5.16. The van der Waals surface area contributed by atoms with E-state index in [1.54, 1.807) is 0 Å². The Labute approximate surface area is 75.6 Å². The highest BCUT2D eigenvalue weighted by atomic mass is 16.5. The molecule has 0 amide bonds. The van der Waals surface area contributed by atoms with E-state index >= 15 is 0 Å². The van der Waals surface area contributed by atoms with Gasteiger partial charge in [-0.3, -0.25) is 0 Å². The van der Waals surface area contributed by atoms with Crippen LogP contribution in [-0.4, -0.2) is 10.1 Å². The molecule has 2 fully saturated rings. The fraction of sp³-hybridized carbons (Fsp3) is 0.667. The van der Waals surface area contributed by atoms with Crippen LogP contribution in [0.2, 0.25) is 0 Å². The van der Waals surface area contributed by atoms with Gasteiger partial charge in [-0.25, -0.2) is 0 Å². The molecule has 0 aromatic carbocycles. The predicted molar refractivity (Wildman–Crippen MR) is 42.7 cm³/mol. The standard InChI is InChI=1S/C9H9N3O/c10-4-6-3-7(6)9-11-8(12-13-9)5-1-2-5/h5-7H,1-3H2. The van der Waals surface area contributed by atoms with Crippen LogP contribution in [0, 0.1) is 17.2 Å². The summed E-state index contributed by atoms with van der Waals surface area (Å²) in [6.45, 7) is 0. The molecule has 2 aliphatic carbocycles. The van der Waals surface area contributed by atoms with Crippen molar-refractivity contribution in [2.45, 2.75) is 31.1 Å². The van der Waals surface area contributed by atoms with E-state index in [9.17, 15) is 0 Å². The molecule has 0 aliphatic heterocycles. The van der Waals surface area contributed by atoms with Crippen molar-refractivity contribution in [2.24, 2.45) is 5.92 Å². The van der Waals surface area contributed by atoms with Crippen molar-refractivity contribution in [1.82, 2.24) is 10.1 Å². The quantitative estimate of drug-likeness (QED) is 0.684. The molecule has 0 saturated heterocycles. The first-order valence-electron chi connectivity index (χ1n) is 4.61. The fourth-order valence-corrected chi connectivity index (χ4v) is 1.52. The van der Waals surface area contributed by atoms with Gasteiger partial charge < -0.3 is 4.52 Å². The molecule has 3 rings (SSSR count). The summed E-state index contributed by atoms with van der Waals surface area (Å²) >= 11 is 0. The van der Waals surface area contributed by atoms with E-state index in [4.69, 9.17) is 9.78 Å². The van der Waals surface area contributed by atoms with Gasteiger partial charge in [0.2, 0.25) is 5.89 Å². The molecule has 1 aromatic rings. The van der Waals surface area contributed by atoms with Gasteiger partial charge in [-0.15, -0.1) is 0 Å². The van der Waals surface area contributed by atoms with E-state index in [1.807, 2.05) is 0 Å². The third-order valence-electron chi connectivity index (χ3n) is 2.67. The number of aromatic nitrogens is 2. The topological polar surface area (TPSA) is 62.7 Å². The van der Waals surface area contributed by atoms with Crippen molar-refractivity contribution in [3.63, 3.8) is 0 Å². The van der Waals surface area contributed by atoms with Gasteiger partial charge in [0, 0.05) is 5.92 Å². The number of hydrogen-bond donors (Lipinski definition) is 0. The van der Waals surface area contributed by atoms with Gasteiger partial charge in [-0.1, -0.05) is 5.16 Å². The minimum Gasteiger partial charge on any atom is -0.339 e. The Balaban J connectivity index is 1.79. The van der Waals surface area contributed by atoms with E-state index in [0.717, 1.165) is 12.2 Å². The second kappa shape index (κ2) is 2.32. The Morgan fingerprint density at radius 1 is 1.46 bits per heavy atom. The fourth-order valence-electron chi connectivity index (χ4n) is 1.52. The van der Waals surface area contributed by atoms with E-state index in [0.29, 0.717) is 11.8 Å². The molecule has 0 N–H and O–H groups in total. The van der Waals surface area contributed by atoms with Crippen molar-refractivity contribution in [3.05, 3.63) is 11.7 Å². The maximum absolute atomic E-state index is 8.63. The van der Waals surface area contributed by atoms with Crippen LogP contribution >= 0.6 is 0 Å². The molecule has 13 heavy (non-hydrogen) atoms. The SMILES string of the molecule is N#CC1CC1c1nc(C2CC2)no1. The third kappa shape index (κ3) is 1.12. The molecule has 4 nitrogen and oxygen atoms in total. The zero-order chi connectivity index (χ0) is 8.84. The minimum absolute atomic E-state index is 0.118. The smallest absolute Gasteiger partial charge is 0.231 e. The van der Waals surface area contributed by atoms with Crippen LogP contribution in [0.15, 0.2) is 4.52 Å². The van der Waals surface area contributed by atoms with Gasteiger partial charge in [0.25, 0.3) is 0 Å². The second-order valence-corrected chi connectivity index (χ2v) is 3.84. The molecule has 0 spiro atoms. The first-order valence-corrected chi connectivity index (χ1v) is 4.61. The Morgan fingerprint density at radius 3 is 2.92 bits per heavy atom.